The average Bonchev–Trinajstić information content (AvgIpc) is 2.59. The summed E-state index contributed by atoms with van der Waals surface area (Å²) < 4.78 is 20.7. The predicted octanol–water partition coefficient (Wildman–Crippen LogP) is -1.83. The molecule has 0 amide bonds. The lowest BCUT2D eigenvalue weighted by molar-refractivity contribution is -0.244. The summed E-state index contributed by atoms with van der Waals surface area (Å²) in [6.07, 6.45) is -6.20. The molecule has 1 rings (SSSR count). The average molecular weight is 409 g/mol. The number of hydrogen-bond donors (Lipinski definition) is 6. The molecule has 1 aromatic carbocycles. The summed E-state index contributed by atoms with van der Waals surface area (Å²) in [5.74, 6) is -1.69. The molecule has 1 aromatic rings. The third-order valence-electron chi connectivity index (χ3n) is 3.77. The number of aliphatic hydroxyl groups is 4. The van der Waals surface area contributed by atoms with Gasteiger partial charge in [-0.25, -0.2) is 9.36 Å². The maximum Gasteiger partial charge on any atom is 0.527 e. The molecule has 0 aliphatic heterocycles. The first-order chi connectivity index (χ1) is 12.5. The molecule has 0 fully saturated rings. The van der Waals surface area contributed by atoms with Crippen molar-refractivity contribution in [1.29, 1.82) is 0 Å². The van der Waals surface area contributed by atoms with Gasteiger partial charge >= 0.3 is 13.8 Å². The van der Waals surface area contributed by atoms with Crippen molar-refractivity contribution in [2.24, 2.45) is 0 Å². The molecule has 4 atom stereocenters. The van der Waals surface area contributed by atoms with Crippen LogP contribution in [0, 0.1) is 0 Å². The molecule has 11 nitrogen and oxygen atoms in total. The van der Waals surface area contributed by atoms with Crippen LogP contribution in [0.15, 0.2) is 30.3 Å². The van der Waals surface area contributed by atoms with E-state index in [0.717, 1.165) is 4.90 Å². The Kier molecular flexibility index (Phi) is 8.48. The van der Waals surface area contributed by atoms with Gasteiger partial charge in [-0.05, 0) is 19.7 Å². The molecular formula is C15H24NO10P. The molecule has 0 aliphatic rings. The molecule has 0 unspecified atom stereocenters. The molecule has 6 N–H and O–H groups in total. The summed E-state index contributed by atoms with van der Waals surface area (Å²) in [6.45, 7) is -1.26. The molecule has 0 heterocycles. The molecule has 0 radical (unpaired) electrons. The van der Waals surface area contributed by atoms with Crippen molar-refractivity contribution in [3.8, 4) is 0 Å². The molecule has 0 aliphatic carbocycles. The number of phosphoric ester groups is 1. The minimum atomic E-state index is -5.32. The van der Waals surface area contributed by atoms with Gasteiger partial charge in [0.15, 0.2) is 0 Å². The molecular weight excluding hydrogens is 385 g/mol. The number of aliphatic hydroxyl groups excluding tert-OH is 4. The third-order valence-corrected chi connectivity index (χ3v) is 4.17. The minimum absolute atomic E-state index is 0.311. The van der Waals surface area contributed by atoms with Crippen LogP contribution in [0.4, 0.5) is 0 Å². The summed E-state index contributed by atoms with van der Waals surface area (Å²) in [6, 6.07) is 8.32. The highest BCUT2D eigenvalue weighted by Gasteiger charge is 2.56. The van der Waals surface area contributed by atoms with E-state index in [1.807, 2.05) is 0 Å². The molecule has 0 saturated carbocycles. The van der Waals surface area contributed by atoms with Crippen LogP contribution in [0.25, 0.3) is 0 Å². The SMILES string of the molecule is CN(C)[C@](OCc1ccccc1)(C(=O)OP(=O)(O)O)[C@@H](O)[C@H](O)[C@H](O)CO. The number of carbonyl (C=O) groups excluding carboxylic acids is 1. The number of benzene rings is 1. The van der Waals surface area contributed by atoms with Crippen LogP contribution in [0.5, 0.6) is 0 Å². The molecule has 0 saturated heterocycles. The highest BCUT2D eigenvalue weighted by atomic mass is 31.2. The predicted molar refractivity (Wildman–Crippen MR) is 90.9 cm³/mol. The Bertz CT molecular complexity index is 651. The van der Waals surface area contributed by atoms with Crippen molar-refractivity contribution in [2.75, 3.05) is 20.7 Å². The maximum atomic E-state index is 12.5. The van der Waals surface area contributed by atoms with Crippen molar-refractivity contribution < 1.29 is 48.8 Å². The molecule has 27 heavy (non-hydrogen) atoms. The monoisotopic (exact) mass is 409 g/mol. The summed E-state index contributed by atoms with van der Waals surface area (Å²) in [7, 11) is -2.86. The van der Waals surface area contributed by atoms with E-state index in [4.69, 9.17) is 19.6 Å². The minimum Gasteiger partial charge on any atom is -0.394 e. The van der Waals surface area contributed by atoms with E-state index in [1.165, 1.54) is 14.1 Å². The molecule has 154 valence electrons. The summed E-state index contributed by atoms with van der Waals surface area (Å²) >= 11 is 0. The number of rotatable bonds is 10. The zero-order valence-electron chi connectivity index (χ0n) is 14.7. The van der Waals surface area contributed by atoms with Crippen LogP contribution in [-0.2, 0) is 25.2 Å². The Morgan fingerprint density at radius 3 is 2.19 bits per heavy atom. The number of hydrogen-bond acceptors (Lipinski definition) is 9. The number of phosphoric acid groups is 1. The largest absolute Gasteiger partial charge is 0.527 e. The fraction of sp³-hybridized carbons (Fsp3) is 0.533. The Balaban J connectivity index is 3.31. The second kappa shape index (κ2) is 9.69. The fourth-order valence-electron chi connectivity index (χ4n) is 2.33. The van der Waals surface area contributed by atoms with Gasteiger partial charge in [0.05, 0.1) is 13.2 Å². The van der Waals surface area contributed by atoms with Crippen molar-refractivity contribution in [3.05, 3.63) is 35.9 Å². The lowest BCUT2D eigenvalue weighted by Crippen LogP contribution is -2.66. The van der Waals surface area contributed by atoms with Gasteiger partial charge in [-0.1, -0.05) is 30.3 Å². The van der Waals surface area contributed by atoms with Crippen LogP contribution in [-0.4, -0.2) is 85.8 Å². The second-order valence-corrected chi connectivity index (χ2v) is 7.08. The van der Waals surface area contributed by atoms with Crippen LogP contribution in [0.2, 0.25) is 0 Å². The van der Waals surface area contributed by atoms with Gasteiger partial charge < -0.3 is 29.7 Å². The topological polar surface area (TPSA) is 177 Å². The molecule has 0 aromatic heterocycles. The number of nitrogens with zero attached hydrogens (tertiary/aromatic N) is 1. The van der Waals surface area contributed by atoms with Crippen LogP contribution in [0.3, 0.4) is 0 Å². The van der Waals surface area contributed by atoms with Crippen molar-refractivity contribution in [3.63, 3.8) is 0 Å². The van der Waals surface area contributed by atoms with Crippen LogP contribution < -0.4 is 0 Å². The fourth-order valence-corrected chi connectivity index (χ4v) is 2.68. The van der Waals surface area contributed by atoms with Crippen molar-refractivity contribution >= 4 is 13.8 Å². The van der Waals surface area contributed by atoms with Gasteiger partial charge in [0, 0.05) is 0 Å². The van der Waals surface area contributed by atoms with Gasteiger partial charge in [-0.2, -0.15) is 0 Å². The van der Waals surface area contributed by atoms with Gasteiger partial charge in [0.2, 0.25) is 5.72 Å². The molecule has 0 bridgehead atoms. The van der Waals surface area contributed by atoms with Gasteiger partial charge in [-0.3, -0.25) is 14.7 Å². The van der Waals surface area contributed by atoms with E-state index in [-0.39, 0.29) is 6.61 Å². The molecule has 0 spiro atoms. The quantitative estimate of drug-likeness (QED) is 0.189. The first-order valence-electron chi connectivity index (χ1n) is 7.75. The van der Waals surface area contributed by atoms with E-state index < -0.39 is 44.4 Å². The first-order valence-corrected chi connectivity index (χ1v) is 9.28. The highest BCUT2D eigenvalue weighted by Crippen LogP contribution is 2.40. The lowest BCUT2D eigenvalue weighted by Gasteiger charge is -2.42. The summed E-state index contributed by atoms with van der Waals surface area (Å²) in [5, 5.41) is 39.1. The smallest absolute Gasteiger partial charge is 0.394 e. The van der Waals surface area contributed by atoms with Gasteiger partial charge in [0.25, 0.3) is 0 Å². The third kappa shape index (κ3) is 6.04. The summed E-state index contributed by atoms with van der Waals surface area (Å²) in [5.41, 5.74) is -2.07. The summed E-state index contributed by atoms with van der Waals surface area (Å²) in [4.78, 5) is 31.3. The van der Waals surface area contributed by atoms with Crippen molar-refractivity contribution in [1.82, 2.24) is 4.90 Å². The van der Waals surface area contributed by atoms with E-state index >= 15 is 0 Å². The zero-order chi connectivity index (χ0) is 20.8. The highest BCUT2D eigenvalue weighted by molar-refractivity contribution is 7.46. The Hall–Kier alpha value is -1.40. The number of carbonyl (C=O) groups is 1. The Morgan fingerprint density at radius 1 is 1.19 bits per heavy atom. The van der Waals surface area contributed by atoms with E-state index in [1.54, 1.807) is 30.3 Å². The number of likely N-dealkylation sites (N-methyl/N-ethyl adjacent to an activating group) is 1. The van der Waals surface area contributed by atoms with Gasteiger partial charge in [0.1, 0.15) is 18.3 Å². The Labute approximate surface area is 155 Å². The molecule has 12 heteroatoms. The number of ether oxygens (including phenoxy) is 1. The lowest BCUT2D eigenvalue weighted by atomic mass is 9.96. The van der Waals surface area contributed by atoms with Crippen LogP contribution in [0.1, 0.15) is 5.56 Å². The Morgan fingerprint density at radius 2 is 1.74 bits per heavy atom. The van der Waals surface area contributed by atoms with E-state index in [9.17, 15) is 24.7 Å². The second-order valence-electron chi connectivity index (χ2n) is 5.92. The van der Waals surface area contributed by atoms with Crippen LogP contribution >= 0.6 is 7.82 Å². The van der Waals surface area contributed by atoms with Crippen molar-refractivity contribution in [2.45, 2.75) is 30.6 Å². The standard InChI is InChI=1S/C15H24NO10P/c1-16(2)15(14(21)26-27(22,23)24,13(20)12(19)11(18)8-17)25-9-10-6-4-3-5-7-10/h3-7,11-13,17-20H,8-9H2,1-2H3,(H2,22,23,24)/t11-,12-,13+,15-/m1/s1. The van der Waals surface area contributed by atoms with E-state index in [0.29, 0.717) is 5.56 Å². The zero-order valence-corrected chi connectivity index (χ0v) is 15.6. The maximum absolute atomic E-state index is 12.5. The first kappa shape index (κ1) is 23.6. The van der Waals surface area contributed by atoms with E-state index in [2.05, 4.69) is 4.52 Å². The normalized spacial score (nSPS) is 17.8. The van der Waals surface area contributed by atoms with Gasteiger partial charge in [-0.15, -0.1) is 0 Å².